The summed E-state index contributed by atoms with van der Waals surface area (Å²) in [5.41, 5.74) is 11.5. The second-order valence-electron chi connectivity index (χ2n) is 15.1. The van der Waals surface area contributed by atoms with Crippen molar-refractivity contribution in [1.82, 2.24) is 0 Å². The molecule has 0 amide bonds. The Kier molecular flexibility index (Phi) is 17.1. The van der Waals surface area contributed by atoms with E-state index >= 15 is 0 Å². The van der Waals surface area contributed by atoms with Crippen molar-refractivity contribution in [1.29, 1.82) is 0 Å². The summed E-state index contributed by atoms with van der Waals surface area (Å²) in [7, 11) is 0. The van der Waals surface area contributed by atoms with Crippen molar-refractivity contribution >= 4 is 11.9 Å². The lowest BCUT2D eigenvalue weighted by atomic mass is 9.70. The van der Waals surface area contributed by atoms with Gasteiger partial charge < -0.3 is 14.6 Å². The summed E-state index contributed by atoms with van der Waals surface area (Å²) < 4.78 is 10.7. The van der Waals surface area contributed by atoms with Crippen molar-refractivity contribution in [3.63, 3.8) is 0 Å². The highest BCUT2D eigenvalue weighted by Gasteiger charge is 2.29. The first-order valence-electron chi connectivity index (χ1n) is 20.3. The molecule has 0 aromatic heterocycles. The van der Waals surface area contributed by atoms with E-state index in [2.05, 4.69) is 94.6 Å². The van der Waals surface area contributed by atoms with Crippen LogP contribution < -0.4 is 0 Å². The number of esters is 2. The topological polar surface area (TPSA) is 72.8 Å². The van der Waals surface area contributed by atoms with E-state index in [1.807, 2.05) is 0 Å². The van der Waals surface area contributed by atoms with Crippen molar-refractivity contribution in [2.45, 2.75) is 124 Å². The Hall–Kier alpha value is -3.96. The van der Waals surface area contributed by atoms with E-state index in [-0.39, 0.29) is 11.5 Å². The van der Waals surface area contributed by atoms with Gasteiger partial charge in [0.15, 0.2) is 0 Å². The molecular weight excluding hydrogens is 657 g/mol. The van der Waals surface area contributed by atoms with Gasteiger partial charge in [0.1, 0.15) is 0 Å². The molecule has 53 heavy (non-hydrogen) atoms. The van der Waals surface area contributed by atoms with Gasteiger partial charge >= 0.3 is 11.9 Å². The molecule has 0 aliphatic heterocycles. The molecule has 1 unspecified atom stereocenters. The number of carbonyl (C=O) groups is 2. The van der Waals surface area contributed by atoms with Gasteiger partial charge in [0.25, 0.3) is 0 Å². The van der Waals surface area contributed by atoms with Crippen LogP contribution in [-0.2, 0) is 38.3 Å². The number of rotatable bonds is 21. The molecule has 286 valence electrons. The quantitative estimate of drug-likeness (QED) is 0.0674. The number of aliphatic hydroxyl groups excluding tert-OH is 1. The largest absolute Gasteiger partial charge is 0.462 e. The highest BCUT2D eigenvalue weighted by molar-refractivity contribution is 5.88. The van der Waals surface area contributed by atoms with Gasteiger partial charge in [0, 0.05) is 5.57 Å². The second kappa shape index (κ2) is 21.7. The first-order chi connectivity index (χ1) is 25.7. The Morgan fingerprint density at radius 2 is 1.36 bits per heavy atom. The Morgan fingerprint density at radius 3 is 1.96 bits per heavy atom. The summed E-state index contributed by atoms with van der Waals surface area (Å²) in [5.74, 6) is 0.733. The molecule has 0 radical (unpaired) electrons. The highest BCUT2D eigenvalue weighted by atomic mass is 16.5. The van der Waals surface area contributed by atoms with E-state index < -0.39 is 12.6 Å². The number of hydrogen-bond donors (Lipinski definition) is 1. The van der Waals surface area contributed by atoms with Crippen LogP contribution in [0, 0.1) is 11.8 Å². The molecule has 0 bridgehead atoms. The average Bonchev–Trinajstić information content (AvgIpc) is 3.19. The van der Waals surface area contributed by atoms with Crippen molar-refractivity contribution in [2.24, 2.45) is 11.8 Å². The number of ether oxygens (including phenoxy) is 2. The van der Waals surface area contributed by atoms with Crippen molar-refractivity contribution in [3.8, 4) is 22.3 Å². The van der Waals surface area contributed by atoms with E-state index in [0.29, 0.717) is 36.5 Å². The van der Waals surface area contributed by atoms with Crippen molar-refractivity contribution < 1.29 is 24.2 Å². The second-order valence-corrected chi connectivity index (χ2v) is 15.1. The molecule has 3 aromatic carbocycles. The summed E-state index contributed by atoms with van der Waals surface area (Å²) in [5, 5.41) is 9.16. The standard InChI is InChI=1S/C48H64O5/c1-7-10-11-14-36-17-27-45(37(8-2)31-36)42-24-20-41(21-25-42)44-26-28-46(38(9-3)32-44)43-22-18-40(19-23-43)39(15-12-29-52-47(50)34(4)5)16-13-30-53-48(51)35(6)33-49/h17,20-21,24-28,31-32,39-40,43,49H,4,6-16,18-19,22-23,29-30,33H2,1-3,5H3. The maximum Gasteiger partial charge on any atom is 0.335 e. The first kappa shape index (κ1) is 41.8. The summed E-state index contributed by atoms with van der Waals surface area (Å²) in [6, 6.07) is 23.3. The maximum absolute atomic E-state index is 12.0. The third-order valence-electron chi connectivity index (χ3n) is 11.3. The molecule has 4 rings (SSSR count). The third-order valence-corrected chi connectivity index (χ3v) is 11.3. The minimum Gasteiger partial charge on any atom is -0.462 e. The van der Waals surface area contributed by atoms with Crippen LogP contribution in [0.4, 0.5) is 0 Å². The predicted molar refractivity (Wildman–Crippen MR) is 219 cm³/mol. The molecule has 1 aliphatic carbocycles. The molecule has 1 fully saturated rings. The molecular formula is C48H64O5. The molecule has 0 saturated heterocycles. The van der Waals surface area contributed by atoms with Crippen LogP contribution in [0.5, 0.6) is 0 Å². The van der Waals surface area contributed by atoms with E-state index in [4.69, 9.17) is 14.6 Å². The van der Waals surface area contributed by atoms with E-state index in [1.165, 1.54) is 70.2 Å². The maximum atomic E-state index is 12.0. The smallest absolute Gasteiger partial charge is 0.335 e. The van der Waals surface area contributed by atoms with Gasteiger partial charge in [-0.05, 0) is 146 Å². The van der Waals surface area contributed by atoms with E-state index in [0.717, 1.165) is 64.2 Å². The number of aryl methyl sites for hydroxylation is 3. The van der Waals surface area contributed by atoms with Gasteiger partial charge in [0.05, 0.1) is 25.4 Å². The Labute approximate surface area is 319 Å². The van der Waals surface area contributed by atoms with E-state index in [9.17, 15) is 9.59 Å². The summed E-state index contributed by atoms with van der Waals surface area (Å²) in [4.78, 5) is 23.9. The van der Waals surface area contributed by atoms with Crippen LogP contribution in [0.15, 0.2) is 85.0 Å². The van der Waals surface area contributed by atoms with Gasteiger partial charge in [-0.25, -0.2) is 9.59 Å². The van der Waals surface area contributed by atoms with Gasteiger partial charge in [-0.1, -0.05) is 107 Å². The monoisotopic (exact) mass is 720 g/mol. The Balaban J connectivity index is 1.38. The van der Waals surface area contributed by atoms with Crippen LogP contribution in [0.3, 0.4) is 0 Å². The molecule has 5 heteroatoms. The highest BCUT2D eigenvalue weighted by Crippen LogP contribution is 2.43. The summed E-state index contributed by atoms with van der Waals surface area (Å²) >= 11 is 0. The van der Waals surface area contributed by atoms with Crippen LogP contribution >= 0.6 is 0 Å². The Morgan fingerprint density at radius 1 is 0.736 bits per heavy atom. The molecule has 0 heterocycles. The molecule has 0 spiro atoms. The zero-order valence-electron chi connectivity index (χ0n) is 33.0. The normalized spacial score (nSPS) is 16.2. The molecule has 1 N–H and O–H groups in total. The molecule has 1 saturated carbocycles. The van der Waals surface area contributed by atoms with Crippen LogP contribution in [0.2, 0.25) is 0 Å². The average molecular weight is 721 g/mol. The lowest BCUT2D eigenvalue weighted by molar-refractivity contribution is -0.140. The molecule has 5 nitrogen and oxygen atoms in total. The van der Waals surface area contributed by atoms with Crippen LogP contribution in [-0.4, -0.2) is 36.9 Å². The lowest BCUT2D eigenvalue weighted by Gasteiger charge is -2.35. The molecule has 3 aromatic rings. The summed E-state index contributed by atoms with van der Waals surface area (Å²) in [6.45, 7) is 16.0. The number of aliphatic hydroxyl groups is 1. The van der Waals surface area contributed by atoms with Gasteiger partial charge in [-0.15, -0.1) is 0 Å². The van der Waals surface area contributed by atoms with Gasteiger partial charge in [0.2, 0.25) is 0 Å². The van der Waals surface area contributed by atoms with Crippen molar-refractivity contribution in [2.75, 3.05) is 19.8 Å². The minimum atomic E-state index is -0.532. The number of carbonyl (C=O) groups excluding carboxylic acids is 2. The molecule has 1 aliphatic rings. The Bertz CT molecular complexity index is 1640. The van der Waals surface area contributed by atoms with Crippen molar-refractivity contribution in [3.05, 3.63) is 107 Å². The molecule has 1 atom stereocenters. The van der Waals surface area contributed by atoms with Gasteiger partial charge in [-0.2, -0.15) is 0 Å². The fourth-order valence-corrected chi connectivity index (χ4v) is 8.12. The predicted octanol–water partition coefficient (Wildman–Crippen LogP) is 11.5. The number of benzene rings is 3. The lowest BCUT2D eigenvalue weighted by Crippen LogP contribution is -2.23. The first-order valence-corrected chi connectivity index (χ1v) is 20.3. The fourth-order valence-electron chi connectivity index (χ4n) is 8.12. The zero-order valence-corrected chi connectivity index (χ0v) is 33.0. The van der Waals surface area contributed by atoms with Gasteiger partial charge in [-0.3, -0.25) is 0 Å². The number of unbranched alkanes of at least 4 members (excludes halogenated alkanes) is 2. The third kappa shape index (κ3) is 12.3. The van der Waals surface area contributed by atoms with E-state index in [1.54, 1.807) is 6.92 Å². The zero-order chi connectivity index (χ0) is 38.2. The van der Waals surface area contributed by atoms with Crippen LogP contribution in [0.25, 0.3) is 22.3 Å². The minimum absolute atomic E-state index is 0.0801. The SMILES string of the molecule is C=C(C)C(=O)OCCCC(CCCOC(=O)C(=C)CO)C1CCC(c2ccc(-c3ccc(-c4ccc(CCCCC)cc4CC)cc3)cc2CC)CC1. The van der Waals surface area contributed by atoms with Crippen LogP contribution in [0.1, 0.15) is 126 Å². The summed E-state index contributed by atoms with van der Waals surface area (Å²) in [6.07, 6.45) is 15.1. The fraction of sp³-hybridized carbons (Fsp3) is 0.500. The number of hydrogen-bond acceptors (Lipinski definition) is 5.